The fourth-order valence-corrected chi connectivity index (χ4v) is 4.71. The van der Waals surface area contributed by atoms with Gasteiger partial charge in [-0.3, -0.25) is 0 Å². The van der Waals surface area contributed by atoms with E-state index in [1.54, 1.807) is 5.51 Å². The van der Waals surface area contributed by atoms with Crippen molar-refractivity contribution in [1.82, 2.24) is 25.1 Å². The zero-order valence-corrected chi connectivity index (χ0v) is 17.8. The quantitative estimate of drug-likeness (QED) is 0.565. The van der Waals surface area contributed by atoms with Crippen molar-refractivity contribution in [3.63, 3.8) is 0 Å². The lowest BCUT2D eigenvalue weighted by Gasteiger charge is -2.40. The Hall–Kier alpha value is -2.76. The standard InChI is InChI=1S/C19H23F3N8S/c1-13(27-15(8-23)16-28-26-12-31-16)29-5-2-18(3-6-29)4-7-30(11-18)14-9-24-17(25-10-14)19(20,21)22/h8-10,12H,2-7,11,23H2,1H3/b15-8-,27-13+. The highest BCUT2D eigenvalue weighted by molar-refractivity contribution is 7.10. The minimum atomic E-state index is -4.52. The normalized spacial score (nSPS) is 20.0. The molecule has 0 atom stereocenters. The van der Waals surface area contributed by atoms with E-state index in [1.165, 1.54) is 29.9 Å². The summed E-state index contributed by atoms with van der Waals surface area (Å²) in [6.07, 6.45) is 2.43. The van der Waals surface area contributed by atoms with Gasteiger partial charge in [-0.15, -0.1) is 10.2 Å². The van der Waals surface area contributed by atoms with E-state index in [1.807, 2.05) is 6.92 Å². The summed E-state index contributed by atoms with van der Waals surface area (Å²) < 4.78 is 38.1. The Bertz CT molecular complexity index is 948. The first-order valence-corrected chi connectivity index (χ1v) is 10.8. The second-order valence-corrected chi connectivity index (χ2v) is 8.71. The summed E-state index contributed by atoms with van der Waals surface area (Å²) >= 11 is 1.39. The number of aliphatic imine (C=N–C) groups is 1. The molecule has 166 valence electrons. The van der Waals surface area contributed by atoms with Crippen LogP contribution in [0.1, 0.15) is 37.0 Å². The maximum atomic E-state index is 12.7. The number of amidine groups is 1. The molecule has 2 saturated heterocycles. The van der Waals surface area contributed by atoms with Crippen molar-refractivity contribution in [3.8, 4) is 0 Å². The van der Waals surface area contributed by atoms with Gasteiger partial charge in [0.2, 0.25) is 5.82 Å². The van der Waals surface area contributed by atoms with Crippen LogP contribution in [-0.4, -0.2) is 57.1 Å². The van der Waals surface area contributed by atoms with Gasteiger partial charge in [0, 0.05) is 32.4 Å². The predicted molar refractivity (Wildman–Crippen MR) is 112 cm³/mol. The zero-order chi connectivity index (χ0) is 22.1. The maximum absolute atomic E-state index is 12.7. The van der Waals surface area contributed by atoms with Gasteiger partial charge in [-0.1, -0.05) is 11.3 Å². The maximum Gasteiger partial charge on any atom is 0.451 e. The summed E-state index contributed by atoms with van der Waals surface area (Å²) in [6, 6.07) is 0. The molecule has 4 heterocycles. The lowest BCUT2D eigenvalue weighted by atomic mass is 9.78. The molecule has 0 bridgehead atoms. The number of nitrogens with zero attached hydrogens (tertiary/aromatic N) is 7. The van der Waals surface area contributed by atoms with E-state index in [-0.39, 0.29) is 5.41 Å². The van der Waals surface area contributed by atoms with Crippen LogP contribution in [0.15, 0.2) is 29.1 Å². The molecule has 4 rings (SSSR count). The number of piperidine rings is 1. The molecule has 0 aromatic carbocycles. The van der Waals surface area contributed by atoms with Crippen molar-refractivity contribution in [3.05, 3.63) is 34.9 Å². The number of anilines is 1. The highest BCUT2D eigenvalue weighted by Crippen LogP contribution is 2.42. The van der Waals surface area contributed by atoms with Gasteiger partial charge in [0.1, 0.15) is 17.0 Å². The predicted octanol–water partition coefficient (Wildman–Crippen LogP) is 3.01. The molecule has 2 N–H and O–H groups in total. The average molecular weight is 453 g/mol. The largest absolute Gasteiger partial charge is 0.451 e. The van der Waals surface area contributed by atoms with Gasteiger partial charge >= 0.3 is 6.18 Å². The van der Waals surface area contributed by atoms with E-state index >= 15 is 0 Å². The number of alkyl halides is 3. The molecule has 2 fully saturated rings. The highest BCUT2D eigenvalue weighted by Gasteiger charge is 2.41. The SMILES string of the molecule is C/C(=N\C(=C/N)c1nncs1)N1CCC2(CC1)CCN(c1cnc(C(F)(F)F)nc1)C2. The Balaban J connectivity index is 1.37. The molecule has 0 aliphatic carbocycles. The molecule has 1 spiro atoms. The van der Waals surface area contributed by atoms with E-state index < -0.39 is 12.0 Å². The Morgan fingerprint density at radius 3 is 2.45 bits per heavy atom. The van der Waals surface area contributed by atoms with Crippen LogP contribution in [0, 0.1) is 5.41 Å². The van der Waals surface area contributed by atoms with Crippen molar-refractivity contribution in [2.45, 2.75) is 32.4 Å². The van der Waals surface area contributed by atoms with Crippen LogP contribution in [0.5, 0.6) is 0 Å². The van der Waals surface area contributed by atoms with Gasteiger partial charge in [-0.2, -0.15) is 13.2 Å². The average Bonchev–Trinajstić information content (AvgIpc) is 3.43. The summed E-state index contributed by atoms with van der Waals surface area (Å²) in [6.45, 7) is 5.27. The van der Waals surface area contributed by atoms with Crippen LogP contribution < -0.4 is 10.6 Å². The lowest BCUT2D eigenvalue weighted by molar-refractivity contribution is -0.144. The molecule has 2 aliphatic heterocycles. The number of likely N-dealkylation sites (tertiary alicyclic amines) is 1. The van der Waals surface area contributed by atoms with Gasteiger partial charge < -0.3 is 15.5 Å². The third-order valence-corrected chi connectivity index (χ3v) is 6.71. The molecule has 12 heteroatoms. The molecule has 8 nitrogen and oxygen atoms in total. The number of hydrogen-bond donors (Lipinski definition) is 1. The zero-order valence-electron chi connectivity index (χ0n) is 17.0. The lowest BCUT2D eigenvalue weighted by Crippen LogP contribution is -2.43. The molecular weight excluding hydrogens is 429 g/mol. The molecule has 0 unspecified atom stereocenters. The van der Waals surface area contributed by atoms with Gasteiger partial charge in [0.25, 0.3) is 0 Å². The van der Waals surface area contributed by atoms with Crippen molar-refractivity contribution in [2.75, 3.05) is 31.1 Å². The summed E-state index contributed by atoms with van der Waals surface area (Å²) in [5.41, 5.74) is 8.74. The molecule has 2 aromatic rings. The molecule has 2 aromatic heterocycles. The van der Waals surface area contributed by atoms with E-state index in [0.717, 1.165) is 51.3 Å². The van der Waals surface area contributed by atoms with Crippen molar-refractivity contribution < 1.29 is 13.2 Å². The minimum Gasteiger partial charge on any atom is -0.403 e. The molecule has 0 radical (unpaired) electrons. The summed E-state index contributed by atoms with van der Waals surface area (Å²) in [5.74, 6) is -0.222. The topological polar surface area (TPSA) is 96.4 Å². The fraction of sp³-hybridized carbons (Fsp3) is 0.526. The van der Waals surface area contributed by atoms with Crippen LogP contribution in [-0.2, 0) is 6.18 Å². The smallest absolute Gasteiger partial charge is 0.403 e. The Morgan fingerprint density at radius 1 is 1.19 bits per heavy atom. The van der Waals surface area contributed by atoms with Gasteiger partial charge in [0.15, 0.2) is 5.01 Å². The van der Waals surface area contributed by atoms with E-state index in [2.05, 4.69) is 35.0 Å². The van der Waals surface area contributed by atoms with Crippen LogP contribution in [0.4, 0.5) is 18.9 Å². The van der Waals surface area contributed by atoms with E-state index in [0.29, 0.717) is 16.4 Å². The monoisotopic (exact) mass is 452 g/mol. The number of hydrogen-bond acceptors (Lipinski definition) is 8. The number of nitrogens with two attached hydrogens (primary N) is 1. The fourth-order valence-electron chi connectivity index (χ4n) is 4.19. The second-order valence-electron chi connectivity index (χ2n) is 7.88. The minimum absolute atomic E-state index is 0.144. The first-order chi connectivity index (χ1) is 14.8. The van der Waals surface area contributed by atoms with E-state index in [9.17, 15) is 13.2 Å². The van der Waals surface area contributed by atoms with Crippen LogP contribution in [0.2, 0.25) is 0 Å². The van der Waals surface area contributed by atoms with Gasteiger partial charge in [-0.25, -0.2) is 15.0 Å². The van der Waals surface area contributed by atoms with Crippen molar-refractivity contribution >= 4 is 28.6 Å². The number of halogens is 3. The summed E-state index contributed by atoms with van der Waals surface area (Å²) in [7, 11) is 0. The third kappa shape index (κ3) is 4.63. The van der Waals surface area contributed by atoms with Gasteiger partial charge in [0.05, 0.1) is 18.1 Å². The first-order valence-electron chi connectivity index (χ1n) is 9.93. The van der Waals surface area contributed by atoms with Crippen LogP contribution >= 0.6 is 11.3 Å². The van der Waals surface area contributed by atoms with Crippen molar-refractivity contribution in [2.24, 2.45) is 16.1 Å². The molecular formula is C19H23F3N8S. The Kier molecular flexibility index (Phi) is 5.82. The number of rotatable bonds is 3. The second kappa shape index (κ2) is 8.40. The molecule has 0 saturated carbocycles. The van der Waals surface area contributed by atoms with Gasteiger partial charge in [-0.05, 0) is 31.6 Å². The Morgan fingerprint density at radius 2 is 1.87 bits per heavy atom. The van der Waals surface area contributed by atoms with Crippen molar-refractivity contribution in [1.29, 1.82) is 0 Å². The first kappa shape index (κ1) is 21.5. The molecule has 2 aliphatic rings. The number of aromatic nitrogens is 4. The highest BCUT2D eigenvalue weighted by atomic mass is 32.1. The van der Waals surface area contributed by atoms with Crippen LogP contribution in [0.25, 0.3) is 5.70 Å². The van der Waals surface area contributed by atoms with Crippen LogP contribution in [0.3, 0.4) is 0 Å². The summed E-state index contributed by atoms with van der Waals surface area (Å²) in [4.78, 5) is 15.9. The third-order valence-electron chi connectivity index (χ3n) is 6.00. The molecule has 0 amide bonds. The van der Waals surface area contributed by atoms with E-state index in [4.69, 9.17) is 5.73 Å². The summed E-state index contributed by atoms with van der Waals surface area (Å²) in [5, 5.41) is 8.52. The molecule has 31 heavy (non-hydrogen) atoms. The Labute approximate surface area is 181 Å².